The number of hydrogen-bond acceptors (Lipinski definition) is 3. The van der Waals surface area contributed by atoms with Gasteiger partial charge in [0.1, 0.15) is 11.6 Å². The van der Waals surface area contributed by atoms with Crippen molar-refractivity contribution in [2.75, 3.05) is 0 Å². The van der Waals surface area contributed by atoms with Gasteiger partial charge in [0, 0.05) is 11.8 Å². The lowest BCUT2D eigenvalue weighted by molar-refractivity contribution is 0.0706. The number of nitrogens with zero attached hydrogens (tertiary/aromatic N) is 2. The number of rotatable bonds is 3. The molecule has 2 rings (SSSR count). The fourth-order valence-electron chi connectivity index (χ4n) is 1.82. The molecule has 0 radical (unpaired) electrons. The number of carbonyl (C=O) groups is 1. The Labute approximate surface area is 110 Å². The summed E-state index contributed by atoms with van der Waals surface area (Å²) in [6, 6.07) is 7.51. The monoisotopic (exact) mass is 262 g/mol. The topological polar surface area (TPSA) is 44.1 Å². The summed E-state index contributed by atoms with van der Waals surface area (Å²) in [5.74, 6) is -0.361. The zero-order chi connectivity index (χ0) is 14.0. The quantitative estimate of drug-likeness (QED) is 0.854. The molecule has 0 aliphatic rings. The highest BCUT2D eigenvalue weighted by Gasteiger charge is 2.19. The van der Waals surface area contributed by atoms with Crippen LogP contribution in [0.15, 0.2) is 30.3 Å². The molecule has 1 aromatic carbocycles. The van der Waals surface area contributed by atoms with Crippen LogP contribution in [0, 0.1) is 19.7 Å². The summed E-state index contributed by atoms with van der Waals surface area (Å²) in [4.78, 5) is 12.1. The van der Waals surface area contributed by atoms with E-state index < -0.39 is 11.9 Å². The molecular weight excluding hydrogens is 247 g/mol. The van der Waals surface area contributed by atoms with Crippen molar-refractivity contribution in [1.29, 1.82) is 0 Å². The molecule has 4 nitrogen and oxygen atoms in total. The molecule has 100 valence electrons. The first kappa shape index (κ1) is 13.3. The Morgan fingerprint density at radius 1 is 1.37 bits per heavy atom. The molecule has 0 bridgehead atoms. The first-order chi connectivity index (χ1) is 8.97. The maximum atomic E-state index is 13.0. The normalized spacial score (nSPS) is 12.2. The van der Waals surface area contributed by atoms with Gasteiger partial charge in [0.15, 0.2) is 6.10 Å². The van der Waals surface area contributed by atoms with Gasteiger partial charge in [-0.1, -0.05) is 6.07 Å². The Kier molecular flexibility index (Phi) is 3.64. The Morgan fingerprint density at radius 3 is 2.68 bits per heavy atom. The predicted octanol–water partition coefficient (Wildman–Crippen LogP) is 2.75. The third kappa shape index (κ3) is 2.99. The lowest BCUT2D eigenvalue weighted by atomic mass is 10.3. The third-order valence-corrected chi connectivity index (χ3v) is 2.68. The lowest BCUT2D eigenvalue weighted by Gasteiger charge is -2.14. The number of carbonyl (C=O) groups excluding carboxylic acids is 1. The number of benzene rings is 1. The molecule has 1 aromatic heterocycles. The number of hydrogen-bond donors (Lipinski definition) is 0. The fraction of sp³-hybridized carbons (Fsp3) is 0.286. The van der Waals surface area contributed by atoms with Gasteiger partial charge in [0.2, 0.25) is 0 Å². The predicted molar refractivity (Wildman–Crippen MR) is 68.8 cm³/mol. The highest BCUT2D eigenvalue weighted by molar-refractivity contribution is 5.83. The van der Waals surface area contributed by atoms with Crippen LogP contribution in [-0.2, 0) is 0 Å². The van der Waals surface area contributed by atoms with Gasteiger partial charge in [-0.05, 0) is 39.0 Å². The maximum Gasteiger partial charge on any atom is 0.287 e. The molecule has 0 spiro atoms. The number of ether oxygens (including phenoxy) is 1. The zero-order valence-electron chi connectivity index (χ0n) is 11.1. The van der Waals surface area contributed by atoms with Gasteiger partial charge in [-0.25, -0.2) is 9.07 Å². The number of aryl methyl sites for hydroxylation is 2. The van der Waals surface area contributed by atoms with Gasteiger partial charge in [0.25, 0.3) is 5.91 Å². The Morgan fingerprint density at radius 2 is 2.11 bits per heavy atom. The SMILES string of the molecule is Cc1cc(C)n(C(=O)C(C)Oc2cccc(F)c2)n1. The van der Waals surface area contributed by atoms with Crippen LogP contribution in [0.4, 0.5) is 4.39 Å². The molecule has 0 aliphatic carbocycles. The minimum Gasteiger partial charge on any atom is -0.481 e. The second kappa shape index (κ2) is 5.22. The minimum atomic E-state index is -0.736. The van der Waals surface area contributed by atoms with Gasteiger partial charge < -0.3 is 4.74 Å². The van der Waals surface area contributed by atoms with Crippen LogP contribution >= 0.6 is 0 Å². The molecule has 0 fully saturated rings. The van der Waals surface area contributed by atoms with Crippen LogP contribution in [-0.4, -0.2) is 21.8 Å². The summed E-state index contributed by atoms with van der Waals surface area (Å²) in [5, 5.41) is 4.10. The summed E-state index contributed by atoms with van der Waals surface area (Å²) >= 11 is 0. The van der Waals surface area contributed by atoms with Crippen LogP contribution in [0.1, 0.15) is 23.1 Å². The maximum absolute atomic E-state index is 13.0. The van der Waals surface area contributed by atoms with E-state index >= 15 is 0 Å². The highest BCUT2D eigenvalue weighted by atomic mass is 19.1. The summed E-state index contributed by atoms with van der Waals surface area (Å²) in [7, 11) is 0. The first-order valence-corrected chi connectivity index (χ1v) is 5.97. The summed E-state index contributed by atoms with van der Waals surface area (Å²) in [6.07, 6.45) is -0.736. The lowest BCUT2D eigenvalue weighted by Crippen LogP contribution is -2.30. The van der Waals surface area contributed by atoms with E-state index in [-0.39, 0.29) is 5.91 Å². The van der Waals surface area contributed by atoms with Gasteiger partial charge in [0.05, 0.1) is 5.69 Å². The van der Waals surface area contributed by atoms with Gasteiger partial charge in [-0.15, -0.1) is 0 Å². The van der Waals surface area contributed by atoms with E-state index in [0.29, 0.717) is 5.75 Å². The van der Waals surface area contributed by atoms with E-state index in [1.165, 1.54) is 22.9 Å². The third-order valence-electron chi connectivity index (χ3n) is 2.68. The van der Waals surface area contributed by atoms with E-state index in [0.717, 1.165) is 11.4 Å². The van der Waals surface area contributed by atoms with Crippen molar-refractivity contribution >= 4 is 5.91 Å². The molecule has 0 aliphatic heterocycles. The van der Waals surface area contributed by atoms with Crippen molar-refractivity contribution in [3.05, 3.63) is 47.5 Å². The van der Waals surface area contributed by atoms with E-state index in [2.05, 4.69) is 5.10 Å². The molecule has 0 amide bonds. The Balaban J connectivity index is 2.14. The van der Waals surface area contributed by atoms with Gasteiger partial charge in [-0.2, -0.15) is 5.10 Å². The van der Waals surface area contributed by atoms with Crippen LogP contribution in [0.2, 0.25) is 0 Å². The molecule has 0 N–H and O–H groups in total. The van der Waals surface area contributed by atoms with Crippen molar-refractivity contribution < 1.29 is 13.9 Å². The number of halogens is 1. The van der Waals surface area contributed by atoms with E-state index in [4.69, 9.17) is 4.74 Å². The summed E-state index contributed by atoms with van der Waals surface area (Å²) in [6.45, 7) is 5.23. The van der Waals surface area contributed by atoms with Crippen LogP contribution in [0.5, 0.6) is 5.75 Å². The molecule has 2 aromatic rings. The van der Waals surface area contributed by atoms with Crippen LogP contribution < -0.4 is 4.74 Å². The van der Waals surface area contributed by atoms with Crippen molar-refractivity contribution in [1.82, 2.24) is 9.78 Å². The molecular formula is C14H15FN2O2. The van der Waals surface area contributed by atoms with E-state index in [1.807, 2.05) is 13.0 Å². The van der Waals surface area contributed by atoms with Crippen molar-refractivity contribution in [2.45, 2.75) is 26.9 Å². The average molecular weight is 262 g/mol. The zero-order valence-corrected chi connectivity index (χ0v) is 11.1. The van der Waals surface area contributed by atoms with E-state index in [1.54, 1.807) is 19.9 Å². The smallest absolute Gasteiger partial charge is 0.287 e. The van der Waals surface area contributed by atoms with Crippen molar-refractivity contribution in [2.24, 2.45) is 0 Å². The second-order valence-corrected chi connectivity index (χ2v) is 4.39. The van der Waals surface area contributed by atoms with Crippen molar-refractivity contribution in [3.8, 4) is 5.75 Å². The fourth-order valence-corrected chi connectivity index (χ4v) is 1.82. The summed E-state index contributed by atoms with van der Waals surface area (Å²) in [5.41, 5.74) is 1.51. The molecule has 1 unspecified atom stereocenters. The Hall–Kier alpha value is -2.17. The largest absolute Gasteiger partial charge is 0.481 e. The standard InChI is InChI=1S/C14H15FN2O2/c1-9-7-10(2)17(16-9)14(18)11(3)19-13-6-4-5-12(15)8-13/h4-8,11H,1-3H3. The van der Waals surface area contributed by atoms with Gasteiger partial charge in [-0.3, -0.25) is 4.79 Å². The second-order valence-electron chi connectivity index (χ2n) is 4.39. The van der Waals surface area contributed by atoms with E-state index in [9.17, 15) is 9.18 Å². The molecule has 19 heavy (non-hydrogen) atoms. The van der Waals surface area contributed by atoms with Crippen molar-refractivity contribution in [3.63, 3.8) is 0 Å². The highest BCUT2D eigenvalue weighted by Crippen LogP contribution is 2.15. The average Bonchev–Trinajstić information content (AvgIpc) is 2.67. The summed E-state index contributed by atoms with van der Waals surface area (Å²) < 4.78 is 19.8. The molecule has 0 saturated carbocycles. The van der Waals surface area contributed by atoms with Crippen LogP contribution in [0.25, 0.3) is 0 Å². The molecule has 5 heteroatoms. The van der Waals surface area contributed by atoms with Gasteiger partial charge >= 0.3 is 0 Å². The molecule has 0 saturated heterocycles. The molecule has 1 heterocycles. The Bertz CT molecular complexity index is 607. The van der Waals surface area contributed by atoms with Crippen LogP contribution in [0.3, 0.4) is 0 Å². The minimum absolute atomic E-state index is 0.283. The number of aromatic nitrogens is 2. The molecule has 1 atom stereocenters. The first-order valence-electron chi connectivity index (χ1n) is 5.97.